The standard InChI is InChI=1S/C17H25N3O3/c1-2-14-16(18-11-23-14)17(22)19-13-8-15(21)20(10-13)9-12-6-4-3-5-7-12/h11-13H,2-10H2,1H3,(H,19,22)/t13-/m1/s1. The summed E-state index contributed by atoms with van der Waals surface area (Å²) in [7, 11) is 0. The van der Waals surface area contributed by atoms with Crippen molar-refractivity contribution >= 4 is 11.8 Å². The predicted octanol–water partition coefficient (Wildman–Crippen LogP) is 2.15. The van der Waals surface area contributed by atoms with Gasteiger partial charge in [-0.25, -0.2) is 4.98 Å². The van der Waals surface area contributed by atoms with Gasteiger partial charge in [-0.05, 0) is 18.8 Å². The molecule has 1 aromatic rings. The predicted molar refractivity (Wildman–Crippen MR) is 84.9 cm³/mol. The lowest BCUT2D eigenvalue weighted by Crippen LogP contribution is -2.38. The molecule has 2 heterocycles. The number of carbonyl (C=O) groups excluding carboxylic acids is 2. The van der Waals surface area contributed by atoms with E-state index in [9.17, 15) is 9.59 Å². The van der Waals surface area contributed by atoms with E-state index >= 15 is 0 Å². The smallest absolute Gasteiger partial charge is 0.273 e. The van der Waals surface area contributed by atoms with E-state index in [0.717, 1.165) is 6.54 Å². The Bertz CT molecular complexity index is 563. The summed E-state index contributed by atoms with van der Waals surface area (Å²) in [6, 6.07) is -0.125. The third-order valence-electron chi connectivity index (χ3n) is 4.93. The molecule has 1 saturated carbocycles. The van der Waals surface area contributed by atoms with Gasteiger partial charge in [-0.15, -0.1) is 0 Å². The summed E-state index contributed by atoms with van der Waals surface area (Å²) >= 11 is 0. The fourth-order valence-corrected chi connectivity index (χ4v) is 3.69. The molecule has 6 heteroatoms. The topological polar surface area (TPSA) is 75.4 Å². The molecule has 0 aromatic carbocycles. The summed E-state index contributed by atoms with van der Waals surface area (Å²) in [5.74, 6) is 1.12. The highest BCUT2D eigenvalue weighted by molar-refractivity contribution is 5.94. The number of amides is 2. The number of nitrogens with zero attached hydrogens (tertiary/aromatic N) is 2. The number of hydrogen-bond acceptors (Lipinski definition) is 4. The Hall–Kier alpha value is -1.85. The summed E-state index contributed by atoms with van der Waals surface area (Å²) < 4.78 is 5.19. The van der Waals surface area contributed by atoms with Crippen LogP contribution in [0.5, 0.6) is 0 Å². The molecule has 126 valence electrons. The van der Waals surface area contributed by atoms with Gasteiger partial charge in [0.1, 0.15) is 5.76 Å². The van der Waals surface area contributed by atoms with Crippen molar-refractivity contribution in [2.75, 3.05) is 13.1 Å². The Morgan fingerprint density at radius 2 is 2.17 bits per heavy atom. The van der Waals surface area contributed by atoms with Gasteiger partial charge in [0.25, 0.3) is 5.91 Å². The number of likely N-dealkylation sites (tertiary alicyclic amines) is 1. The van der Waals surface area contributed by atoms with E-state index < -0.39 is 0 Å². The summed E-state index contributed by atoms with van der Waals surface area (Å²) in [5, 5.41) is 2.93. The van der Waals surface area contributed by atoms with Crippen LogP contribution in [0.15, 0.2) is 10.8 Å². The Morgan fingerprint density at radius 1 is 1.39 bits per heavy atom. The second kappa shape index (κ2) is 7.15. The zero-order valence-corrected chi connectivity index (χ0v) is 13.7. The molecule has 2 amide bonds. The molecule has 3 rings (SSSR count). The van der Waals surface area contributed by atoms with Gasteiger partial charge in [-0.1, -0.05) is 26.2 Å². The molecular weight excluding hydrogens is 294 g/mol. The first-order valence-electron chi connectivity index (χ1n) is 8.68. The molecule has 1 aliphatic heterocycles. The summed E-state index contributed by atoms with van der Waals surface area (Å²) in [6.07, 6.45) is 8.62. The van der Waals surface area contributed by atoms with Crippen molar-refractivity contribution in [1.29, 1.82) is 0 Å². The molecule has 2 aliphatic rings. The van der Waals surface area contributed by atoms with Crippen molar-refractivity contribution in [2.24, 2.45) is 5.92 Å². The SMILES string of the molecule is CCc1ocnc1C(=O)N[C@@H]1CC(=O)N(CC2CCCCC2)C1. The summed E-state index contributed by atoms with van der Waals surface area (Å²) in [5.41, 5.74) is 0.339. The van der Waals surface area contributed by atoms with E-state index in [2.05, 4.69) is 10.3 Å². The van der Waals surface area contributed by atoms with Gasteiger partial charge in [0.05, 0.1) is 6.04 Å². The number of oxazole rings is 1. The summed E-state index contributed by atoms with van der Waals surface area (Å²) in [4.78, 5) is 30.4. The van der Waals surface area contributed by atoms with E-state index in [0.29, 0.717) is 36.8 Å². The van der Waals surface area contributed by atoms with Crippen molar-refractivity contribution in [1.82, 2.24) is 15.2 Å². The van der Waals surface area contributed by atoms with Crippen LogP contribution in [0.4, 0.5) is 0 Å². The number of aryl methyl sites for hydroxylation is 1. The normalized spacial score (nSPS) is 22.6. The highest BCUT2D eigenvalue weighted by Crippen LogP contribution is 2.26. The molecule has 1 saturated heterocycles. The van der Waals surface area contributed by atoms with Crippen molar-refractivity contribution in [3.63, 3.8) is 0 Å². The largest absolute Gasteiger partial charge is 0.448 e. The minimum absolute atomic E-state index is 0.125. The number of rotatable bonds is 5. The minimum atomic E-state index is -0.243. The van der Waals surface area contributed by atoms with Crippen LogP contribution in [0, 0.1) is 5.92 Å². The lowest BCUT2D eigenvalue weighted by atomic mass is 9.89. The minimum Gasteiger partial charge on any atom is -0.448 e. The maximum Gasteiger partial charge on any atom is 0.273 e. The van der Waals surface area contributed by atoms with E-state index in [4.69, 9.17) is 4.42 Å². The summed E-state index contributed by atoms with van der Waals surface area (Å²) in [6.45, 7) is 3.37. The van der Waals surface area contributed by atoms with Gasteiger partial charge in [0.15, 0.2) is 12.1 Å². The molecule has 1 aliphatic carbocycles. The lowest BCUT2D eigenvalue weighted by molar-refractivity contribution is -0.128. The van der Waals surface area contributed by atoms with Crippen LogP contribution in [0.2, 0.25) is 0 Å². The van der Waals surface area contributed by atoms with Crippen molar-refractivity contribution in [3.8, 4) is 0 Å². The first kappa shape index (κ1) is 16.0. The lowest BCUT2D eigenvalue weighted by Gasteiger charge is -2.27. The first-order chi connectivity index (χ1) is 11.2. The van der Waals surface area contributed by atoms with Crippen LogP contribution in [0.25, 0.3) is 0 Å². The third-order valence-corrected chi connectivity index (χ3v) is 4.93. The highest BCUT2D eigenvalue weighted by atomic mass is 16.3. The second-order valence-electron chi connectivity index (χ2n) is 6.65. The fourth-order valence-electron chi connectivity index (χ4n) is 3.69. The monoisotopic (exact) mass is 319 g/mol. The van der Waals surface area contributed by atoms with Crippen LogP contribution < -0.4 is 5.32 Å². The quantitative estimate of drug-likeness (QED) is 0.902. The highest BCUT2D eigenvalue weighted by Gasteiger charge is 2.33. The average Bonchev–Trinajstić information content (AvgIpc) is 3.15. The van der Waals surface area contributed by atoms with Gasteiger partial charge in [-0.3, -0.25) is 9.59 Å². The van der Waals surface area contributed by atoms with Gasteiger partial charge in [-0.2, -0.15) is 0 Å². The van der Waals surface area contributed by atoms with Gasteiger partial charge in [0.2, 0.25) is 5.91 Å². The van der Waals surface area contributed by atoms with Crippen LogP contribution in [-0.2, 0) is 11.2 Å². The molecule has 0 spiro atoms. The number of hydrogen-bond donors (Lipinski definition) is 1. The van der Waals surface area contributed by atoms with E-state index in [-0.39, 0.29) is 17.9 Å². The molecule has 0 radical (unpaired) electrons. The van der Waals surface area contributed by atoms with Crippen molar-refractivity contribution in [3.05, 3.63) is 17.8 Å². The van der Waals surface area contributed by atoms with Gasteiger partial charge in [0, 0.05) is 25.9 Å². The van der Waals surface area contributed by atoms with E-state index in [1.807, 2.05) is 11.8 Å². The average molecular weight is 319 g/mol. The number of aromatic nitrogens is 1. The Balaban J connectivity index is 1.54. The third kappa shape index (κ3) is 3.74. The molecule has 6 nitrogen and oxygen atoms in total. The molecule has 1 N–H and O–H groups in total. The Morgan fingerprint density at radius 3 is 2.91 bits per heavy atom. The zero-order valence-electron chi connectivity index (χ0n) is 13.7. The van der Waals surface area contributed by atoms with Crippen LogP contribution >= 0.6 is 0 Å². The van der Waals surface area contributed by atoms with E-state index in [1.165, 1.54) is 38.5 Å². The molecule has 0 bridgehead atoms. The maximum absolute atomic E-state index is 12.3. The zero-order chi connectivity index (χ0) is 16.2. The molecule has 1 aromatic heterocycles. The van der Waals surface area contributed by atoms with Crippen molar-refractivity contribution < 1.29 is 14.0 Å². The van der Waals surface area contributed by atoms with Crippen LogP contribution in [-0.4, -0.2) is 40.8 Å². The molecule has 23 heavy (non-hydrogen) atoms. The van der Waals surface area contributed by atoms with Gasteiger partial charge < -0.3 is 14.6 Å². The molecule has 2 fully saturated rings. The molecule has 0 unspecified atom stereocenters. The number of carbonyl (C=O) groups is 2. The Labute approximate surface area is 136 Å². The van der Waals surface area contributed by atoms with Crippen LogP contribution in [0.1, 0.15) is 61.7 Å². The van der Waals surface area contributed by atoms with Crippen molar-refractivity contribution in [2.45, 2.75) is 57.9 Å². The molecule has 1 atom stereocenters. The maximum atomic E-state index is 12.3. The number of nitrogens with one attached hydrogen (secondary N) is 1. The first-order valence-corrected chi connectivity index (χ1v) is 8.68. The Kier molecular flexibility index (Phi) is 4.98. The second-order valence-corrected chi connectivity index (χ2v) is 6.65. The molecular formula is C17H25N3O3. The van der Waals surface area contributed by atoms with Crippen LogP contribution in [0.3, 0.4) is 0 Å². The van der Waals surface area contributed by atoms with E-state index in [1.54, 1.807) is 0 Å². The fraction of sp³-hybridized carbons (Fsp3) is 0.706. The van der Waals surface area contributed by atoms with Gasteiger partial charge >= 0.3 is 0 Å².